The van der Waals surface area contributed by atoms with E-state index < -0.39 is 33.7 Å². The van der Waals surface area contributed by atoms with Crippen molar-refractivity contribution in [3.8, 4) is 11.5 Å². The maximum Gasteiger partial charge on any atom is 0.339 e. The fourth-order valence-corrected chi connectivity index (χ4v) is 5.40. The molecule has 0 aromatic heterocycles. The van der Waals surface area contributed by atoms with E-state index in [9.17, 15) is 22.8 Å². The second-order valence-electron chi connectivity index (χ2n) is 8.32. The van der Waals surface area contributed by atoms with Crippen LogP contribution in [0, 0.1) is 13.8 Å². The lowest BCUT2D eigenvalue weighted by Crippen LogP contribution is -2.36. The van der Waals surface area contributed by atoms with Gasteiger partial charge >= 0.3 is 10.1 Å². The molecule has 4 rings (SSSR count). The normalized spacial score (nSPS) is 14.6. The molecule has 0 unspecified atom stereocenters. The van der Waals surface area contributed by atoms with Crippen LogP contribution in [0.2, 0.25) is 0 Å². The summed E-state index contributed by atoms with van der Waals surface area (Å²) in [7, 11) is -2.74. The summed E-state index contributed by atoms with van der Waals surface area (Å²) in [6, 6.07) is 17.6. The molecule has 3 aromatic rings. The van der Waals surface area contributed by atoms with Crippen LogP contribution in [-0.2, 0) is 19.7 Å². The summed E-state index contributed by atoms with van der Waals surface area (Å²) in [4.78, 5) is 38.9. The third-order valence-corrected chi connectivity index (χ3v) is 7.93. The molecule has 1 saturated heterocycles. The molecular weight excluding hydrogens is 528 g/mol. The van der Waals surface area contributed by atoms with E-state index in [0.717, 1.165) is 16.0 Å². The van der Waals surface area contributed by atoms with Crippen LogP contribution in [0.5, 0.6) is 11.5 Å². The number of benzene rings is 3. The van der Waals surface area contributed by atoms with Crippen molar-refractivity contribution < 1.29 is 31.7 Å². The van der Waals surface area contributed by atoms with Crippen molar-refractivity contribution >= 4 is 50.7 Å². The van der Waals surface area contributed by atoms with Crippen molar-refractivity contribution in [3.05, 3.63) is 88.3 Å². The maximum absolute atomic E-state index is 12.9. The average molecular weight is 553 g/mol. The minimum atomic E-state index is -4.09. The molecule has 1 N–H and O–H groups in total. The van der Waals surface area contributed by atoms with Gasteiger partial charge in [0, 0.05) is 5.69 Å². The molecule has 1 aliphatic rings. The number of rotatable bonds is 8. The Morgan fingerprint density at radius 2 is 1.74 bits per heavy atom. The molecule has 11 heteroatoms. The van der Waals surface area contributed by atoms with E-state index >= 15 is 0 Å². The van der Waals surface area contributed by atoms with Crippen LogP contribution in [0.25, 0.3) is 6.08 Å². The van der Waals surface area contributed by atoms with Crippen molar-refractivity contribution in [2.24, 2.45) is 0 Å². The fraction of sp³-hybridized carbons (Fsp3) is 0.148. The molecule has 1 aliphatic heterocycles. The van der Waals surface area contributed by atoms with E-state index in [1.165, 1.54) is 43.5 Å². The van der Waals surface area contributed by atoms with Gasteiger partial charge in [0.1, 0.15) is 11.4 Å². The van der Waals surface area contributed by atoms with Crippen molar-refractivity contribution in [2.75, 3.05) is 19.0 Å². The van der Waals surface area contributed by atoms with Crippen LogP contribution in [0.15, 0.2) is 76.5 Å². The van der Waals surface area contributed by atoms with Crippen molar-refractivity contribution in [3.63, 3.8) is 0 Å². The summed E-state index contributed by atoms with van der Waals surface area (Å²) >= 11 is 0.706. The standard InChI is InChI=1S/C27H24N2O7S2/c1-17-8-7-11-21(18(17)2)28-25(30)16-29-26(31)24(37-27(29)32)15-19-12-13-22(23(14-19)35-3)36-38(33,34)20-9-5-4-6-10-20/h4-15H,16H2,1-3H3,(H,28,30)/b24-15-. The number of aryl methyl sites for hydroxylation is 1. The quantitative estimate of drug-likeness (QED) is 0.314. The smallest absolute Gasteiger partial charge is 0.339 e. The van der Waals surface area contributed by atoms with E-state index in [4.69, 9.17) is 8.92 Å². The minimum absolute atomic E-state index is 0.0126. The number of anilines is 1. The molecular formula is C27H24N2O7S2. The van der Waals surface area contributed by atoms with Gasteiger partial charge in [0.25, 0.3) is 11.1 Å². The number of carbonyl (C=O) groups is 3. The molecule has 9 nitrogen and oxygen atoms in total. The molecule has 1 heterocycles. The highest BCUT2D eigenvalue weighted by atomic mass is 32.2. The third kappa shape index (κ3) is 5.90. The van der Waals surface area contributed by atoms with Crippen LogP contribution in [0.3, 0.4) is 0 Å². The minimum Gasteiger partial charge on any atom is -0.493 e. The fourth-order valence-electron chi connectivity index (χ4n) is 3.60. The van der Waals surface area contributed by atoms with E-state index in [-0.39, 0.29) is 21.3 Å². The van der Waals surface area contributed by atoms with Gasteiger partial charge in [-0.2, -0.15) is 8.42 Å². The lowest BCUT2D eigenvalue weighted by atomic mass is 10.1. The number of thioether (sulfide) groups is 1. The van der Waals surface area contributed by atoms with Gasteiger partial charge in [-0.3, -0.25) is 19.3 Å². The van der Waals surface area contributed by atoms with E-state index in [1.807, 2.05) is 26.0 Å². The first-order chi connectivity index (χ1) is 18.1. The van der Waals surface area contributed by atoms with Gasteiger partial charge < -0.3 is 14.2 Å². The highest BCUT2D eigenvalue weighted by Crippen LogP contribution is 2.35. The number of amides is 3. The molecule has 0 aliphatic carbocycles. The Bertz CT molecular complexity index is 1550. The first kappa shape index (κ1) is 27.0. The van der Waals surface area contributed by atoms with Crippen LogP contribution in [0.4, 0.5) is 10.5 Å². The van der Waals surface area contributed by atoms with Crippen LogP contribution >= 0.6 is 11.8 Å². The monoisotopic (exact) mass is 552 g/mol. The van der Waals surface area contributed by atoms with Crippen LogP contribution in [-0.4, -0.2) is 44.0 Å². The number of imide groups is 1. The van der Waals surface area contributed by atoms with Gasteiger partial charge in [0.15, 0.2) is 11.5 Å². The molecule has 38 heavy (non-hydrogen) atoms. The first-order valence-corrected chi connectivity index (χ1v) is 13.6. The lowest BCUT2D eigenvalue weighted by Gasteiger charge is -2.14. The summed E-state index contributed by atoms with van der Waals surface area (Å²) in [5.41, 5.74) is 2.98. The summed E-state index contributed by atoms with van der Waals surface area (Å²) in [6.07, 6.45) is 1.46. The Kier molecular flexibility index (Phi) is 7.88. The highest BCUT2D eigenvalue weighted by molar-refractivity contribution is 8.18. The number of nitrogens with one attached hydrogen (secondary N) is 1. The van der Waals surface area contributed by atoms with E-state index in [1.54, 1.807) is 24.3 Å². The first-order valence-electron chi connectivity index (χ1n) is 11.4. The summed E-state index contributed by atoms with van der Waals surface area (Å²) in [5.74, 6) is -1.03. The van der Waals surface area contributed by atoms with Gasteiger partial charge in [-0.05, 0) is 78.7 Å². The van der Waals surface area contributed by atoms with E-state index in [0.29, 0.717) is 23.0 Å². The zero-order chi connectivity index (χ0) is 27.4. The highest BCUT2D eigenvalue weighted by Gasteiger charge is 2.36. The molecule has 3 amide bonds. The molecule has 3 aromatic carbocycles. The maximum atomic E-state index is 12.9. The number of ether oxygens (including phenoxy) is 1. The number of nitrogens with zero attached hydrogens (tertiary/aromatic N) is 1. The molecule has 0 radical (unpaired) electrons. The SMILES string of the molecule is COc1cc(/C=C2\SC(=O)N(CC(=O)Nc3cccc(C)c3C)C2=O)ccc1OS(=O)(=O)c1ccccc1. The average Bonchev–Trinajstić information content (AvgIpc) is 3.15. The molecule has 0 atom stereocenters. The topological polar surface area (TPSA) is 119 Å². The Hall–Kier alpha value is -4.09. The van der Waals surface area contributed by atoms with Crippen molar-refractivity contribution in [2.45, 2.75) is 18.7 Å². The zero-order valence-electron chi connectivity index (χ0n) is 20.8. The predicted octanol–water partition coefficient (Wildman–Crippen LogP) is 4.75. The number of hydrogen-bond donors (Lipinski definition) is 1. The second-order valence-corrected chi connectivity index (χ2v) is 10.9. The molecule has 0 spiro atoms. The summed E-state index contributed by atoms with van der Waals surface area (Å²) < 4.78 is 35.7. The Morgan fingerprint density at radius 3 is 2.45 bits per heavy atom. The number of hydrogen-bond acceptors (Lipinski definition) is 8. The summed E-state index contributed by atoms with van der Waals surface area (Å²) in [6.45, 7) is 3.36. The zero-order valence-corrected chi connectivity index (χ0v) is 22.4. The third-order valence-electron chi connectivity index (χ3n) is 5.77. The molecule has 1 fully saturated rings. The van der Waals surface area contributed by atoms with Crippen LogP contribution < -0.4 is 14.2 Å². The van der Waals surface area contributed by atoms with Crippen LogP contribution in [0.1, 0.15) is 16.7 Å². The van der Waals surface area contributed by atoms with Gasteiger partial charge in [-0.1, -0.05) is 36.4 Å². The van der Waals surface area contributed by atoms with E-state index in [2.05, 4.69) is 5.32 Å². The Labute approximate surface area is 224 Å². The van der Waals surface area contributed by atoms with Gasteiger partial charge in [0.05, 0.1) is 12.0 Å². The lowest BCUT2D eigenvalue weighted by molar-refractivity contribution is -0.127. The molecule has 0 saturated carbocycles. The Morgan fingerprint density at radius 1 is 1.00 bits per heavy atom. The molecule has 0 bridgehead atoms. The predicted molar refractivity (Wildman–Crippen MR) is 144 cm³/mol. The van der Waals surface area contributed by atoms with Crippen molar-refractivity contribution in [1.82, 2.24) is 4.90 Å². The van der Waals surface area contributed by atoms with Gasteiger partial charge in [0.2, 0.25) is 5.91 Å². The number of methoxy groups -OCH3 is 1. The molecule has 196 valence electrons. The van der Waals surface area contributed by atoms with Gasteiger partial charge in [-0.25, -0.2) is 0 Å². The second kappa shape index (κ2) is 11.1. The summed E-state index contributed by atoms with van der Waals surface area (Å²) in [5, 5.41) is 2.17. The Balaban J connectivity index is 1.49. The van der Waals surface area contributed by atoms with Crippen molar-refractivity contribution in [1.29, 1.82) is 0 Å². The number of carbonyl (C=O) groups excluding carboxylic acids is 3. The van der Waals surface area contributed by atoms with Gasteiger partial charge in [-0.15, -0.1) is 0 Å². The largest absolute Gasteiger partial charge is 0.493 e.